The number of aromatic amines is 1. The molecular formula is C8H6N6. The number of rotatable bonds is 0. The first-order valence-corrected chi connectivity index (χ1v) is 4.05. The van der Waals surface area contributed by atoms with Crippen molar-refractivity contribution in [3.8, 4) is 0 Å². The van der Waals surface area contributed by atoms with Crippen LogP contribution < -0.4 is 5.73 Å². The molecule has 6 nitrogen and oxygen atoms in total. The van der Waals surface area contributed by atoms with E-state index < -0.39 is 0 Å². The van der Waals surface area contributed by atoms with Gasteiger partial charge in [-0.2, -0.15) is 0 Å². The Morgan fingerprint density at radius 1 is 1.14 bits per heavy atom. The third-order valence-electron chi connectivity index (χ3n) is 2.04. The summed E-state index contributed by atoms with van der Waals surface area (Å²) in [6.45, 7) is 0. The summed E-state index contributed by atoms with van der Waals surface area (Å²) in [4.78, 5) is 19.1. The highest BCUT2D eigenvalue weighted by molar-refractivity contribution is 5.92. The molecular weight excluding hydrogens is 180 g/mol. The largest absolute Gasteiger partial charge is 0.383 e. The molecule has 0 fully saturated rings. The van der Waals surface area contributed by atoms with Gasteiger partial charge in [0.05, 0.1) is 17.2 Å². The topological polar surface area (TPSA) is 93.4 Å². The molecule has 6 heteroatoms. The van der Waals surface area contributed by atoms with Crippen LogP contribution in [0.15, 0.2) is 18.7 Å². The van der Waals surface area contributed by atoms with E-state index in [1.165, 1.54) is 6.33 Å². The molecule has 0 saturated carbocycles. The minimum atomic E-state index is 0.430. The van der Waals surface area contributed by atoms with Crippen molar-refractivity contribution >= 4 is 28.0 Å². The van der Waals surface area contributed by atoms with E-state index in [2.05, 4.69) is 24.9 Å². The van der Waals surface area contributed by atoms with Crippen molar-refractivity contribution < 1.29 is 0 Å². The molecule has 3 heterocycles. The molecule has 3 rings (SSSR count). The predicted octanol–water partition coefficient (Wildman–Crippen LogP) is 0.483. The van der Waals surface area contributed by atoms with E-state index in [1.807, 2.05) is 6.07 Å². The van der Waals surface area contributed by atoms with Crippen LogP contribution in [-0.4, -0.2) is 24.9 Å². The Kier molecular flexibility index (Phi) is 1.22. The molecule has 0 saturated heterocycles. The number of nitrogens with one attached hydrogen (secondary N) is 1. The number of fused-ring (bicyclic) bond motifs is 2. The molecule has 0 aliphatic carbocycles. The van der Waals surface area contributed by atoms with E-state index in [9.17, 15) is 0 Å². The van der Waals surface area contributed by atoms with E-state index in [0.717, 1.165) is 10.9 Å². The van der Waals surface area contributed by atoms with Crippen LogP contribution in [0.1, 0.15) is 0 Å². The first-order chi connectivity index (χ1) is 6.84. The van der Waals surface area contributed by atoms with Gasteiger partial charge in [-0.3, -0.25) is 0 Å². The summed E-state index contributed by atoms with van der Waals surface area (Å²) in [5, 5.41) is 0.740. The highest BCUT2D eigenvalue weighted by Gasteiger charge is 2.05. The molecule has 0 aliphatic rings. The number of pyridine rings is 1. The number of aromatic nitrogens is 5. The summed E-state index contributed by atoms with van der Waals surface area (Å²) >= 11 is 0. The fourth-order valence-electron chi connectivity index (χ4n) is 1.36. The molecule has 3 aromatic heterocycles. The van der Waals surface area contributed by atoms with Crippen molar-refractivity contribution in [2.24, 2.45) is 0 Å². The van der Waals surface area contributed by atoms with Gasteiger partial charge in [-0.25, -0.2) is 19.9 Å². The van der Waals surface area contributed by atoms with Crippen molar-refractivity contribution in [1.29, 1.82) is 0 Å². The molecule has 0 aromatic carbocycles. The lowest BCUT2D eigenvalue weighted by molar-refractivity contribution is 1.19. The van der Waals surface area contributed by atoms with Crippen LogP contribution in [0.2, 0.25) is 0 Å². The van der Waals surface area contributed by atoms with Crippen molar-refractivity contribution in [3.63, 3.8) is 0 Å². The van der Waals surface area contributed by atoms with Crippen LogP contribution in [0.3, 0.4) is 0 Å². The van der Waals surface area contributed by atoms with Gasteiger partial charge < -0.3 is 10.7 Å². The lowest BCUT2D eigenvalue weighted by atomic mass is 10.3. The molecule has 0 radical (unpaired) electrons. The third kappa shape index (κ3) is 0.846. The average Bonchev–Trinajstić information content (AvgIpc) is 2.62. The fourth-order valence-corrected chi connectivity index (χ4v) is 1.36. The smallest absolute Gasteiger partial charge is 0.179 e. The maximum atomic E-state index is 5.69. The zero-order valence-electron chi connectivity index (χ0n) is 7.10. The monoisotopic (exact) mass is 186 g/mol. The number of nitrogens with two attached hydrogens (primary N) is 1. The summed E-state index contributed by atoms with van der Waals surface area (Å²) in [6.07, 6.45) is 2.98. The van der Waals surface area contributed by atoms with Gasteiger partial charge in [0.15, 0.2) is 11.3 Å². The molecule has 0 bridgehead atoms. The molecule has 3 aromatic rings. The Hall–Kier alpha value is -2.24. The molecule has 14 heavy (non-hydrogen) atoms. The Bertz CT molecular complexity index is 613. The van der Waals surface area contributed by atoms with Crippen LogP contribution >= 0.6 is 0 Å². The number of anilines is 1. The van der Waals surface area contributed by atoms with Crippen LogP contribution in [0.5, 0.6) is 0 Å². The second-order valence-corrected chi connectivity index (χ2v) is 2.89. The van der Waals surface area contributed by atoms with Gasteiger partial charge in [0, 0.05) is 0 Å². The Morgan fingerprint density at radius 2 is 2.07 bits per heavy atom. The van der Waals surface area contributed by atoms with Gasteiger partial charge in [-0.15, -0.1) is 0 Å². The van der Waals surface area contributed by atoms with Crippen molar-refractivity contribution in [1.82, 2.24) is 24.9 Å². The minimum absolute atomic E-state index is 0.430. The van der Waals surface area contributed by atoms with Crippen molar-refractivity contribution in [2.75, 3.05) is 5.73 Å². The Morgan fingerprint density at radius 3 is 3.00 bits per heavy atom. The van der Waals surface area contributed by atoms with Gasteiger partial charge >= 0.3 is 0 Å². The van der Waals surface area contributed by atoms with Gasteiger partial charge in [0.25, 0.3) is 0 Å². The zero-order valence-corrected chi connectivity index (χ0v) is 7.10. The molecule has 68 valence electrons. The van der Waals surface area contributed by atoms with Crippen LogP contribution in [-0.2, 0) is 0 Å². The summed E-state index contributed by atoms with van der Waals surface area (Å²) in [6, 6.07) is 1.85. The van der Waals surface area contributed by atoms with Crippen molar-refractivity contribution in [2.45, 2.75) is 0 Å². The zero-order chi connectivity index (χ0) is 9.54. The SMILES string of the molecule is Nc1ncnc2nc3nc[nH]c3cc12. The molecule has 0 aliphatic heterocycles. The minimum Gasteiger partial charge on any atom is -0.383 e. The number of nitrogen functional groups attached to an aromatic ring is 1. The van der Waals surface area contributed by atoms with Gasteiger partial charge in [0.1, 0.15) is 12.1 Å². The van der Waals surface area contributed by atoms with E-state index in [4.69, 9.17) is 5.73 Å². The first-order valence-electron chi connectivity index (χ1n) is 4.05. The summed E-state index contributed by atoms with van der Waals surface area (Å²) in [7, 11) is 0. The normalized spacial score (nSPS) is 11.1. The molecule has 0 atom stereocenters. The van der Waals surface area contributed by atoms with Gasteiger partial charge in [0.2, 0.25) is 0 Å². The Labute approximate surface area is 78.2 Å². The number of nitrogens with zero attached hydrogens (tertiary/aromatic N) is 4. The maximum absolute atomic E-state index is 5.69. The quantitative estimate of drug-likeness (QED) is 0.532. The second kappa shape index (κ2) is 2.38. The second-order valence-electron chi connectivity index (χ2n) is 2.89. The van der Waals surface area contributed by atoms with Gasteiger partial charge in [-0.1, -0.05) is 0 Å². The number of hydrogen-bond donors (Lipinski definition) is 2. The maximum Gasteiger partial charge on any atom is 0.179 e. The van der Waals surface area contributed by atoms with Gasteiger partial charge in [-0.05, 0) is 6.07 Å². The summed E-state index contributed by atoms with van der Waals surface area (Å²) in [5.41, 5.74) is 7.72. The summed E-state index contributed by atoms with van der Waals surface area (Å²) < 4.78 is 0. The van der Waals surface area contributed by atoms with Crippen LogP contribution in [0.4, 0.5) is 5.82 Å². The molecule has 0 spiro atoms. The van der Waals surface area contributed by atoms with Crippen molar-refractivity contribution in [3.05, 3.63) is 18.7 Å². The van der Waals surface area contributed by atoms with Crippen LogP contribution in [0.25, 0.3) is 22.2 Å². The highest BCUT2D eigenvalue weighted by Crippen LogP contribution is 2.18. The van der Waals surface area contributed by atoms with E-state index in [1.54, 1.807) is 6.33 Å². The molecule has 0 unspecified atom stereocenters. The van der Waals surface area contributed by atoms with E-state index in [-0.39, 0.29) is 0 Å². The number of imidazole rings is 1. The lowest BCUT2D eigenvalue weighted by Crippen LogP contribution is -1.94. The third-order valence-corrected chi connectivity index (χ3v) is 2.04. The van der Waals surface area contributed by atoms with E-state index >= 15 is 0 Å². The summed E-state index contributed by atoms with van der Waals surface area (Å²) in [5.74, 6) is 0.430. The standard InChI is InChI=1S/C8H6N6/c9-6-4-1-5-8(13-2-10-5)14-7(4)12-3-11-6/h1-3H,(H3,9,10,11,12,13,14). The van der Waals surface area contributed by atoms with Crippen LogP contribution in [0, 0.1) is 0 Å². The number of hydrogen-bond acceptors (Lipinski definition) is 5. The predicted molar refractivity (Wildman–Crippen MR) is 51.4 cm³/mol. The molecule has 3 N–H and O–H groups in total. The number of H-pyrrole nitrogens is 1. The first kappa shape index (κ1) is 7.19. The van der Waals surface area contributed by atoms with E-state index in [0.29, 0.717) is 17.1 Å². The Balaban J connectivity index is 2.57. The molecule has 0 amide bonds. The fraction of sp³-hybridized carbons (Fsp3) is 0. The lowest BCUT2D eigenvalue weighted by Gasteiger charge is -1.97. The average molecular weight is 186 g/mol. The highest BCUT2D eigenvalue weighted by atomic mass is 15.0.